The summed E-state index contributed by atoms with van der Waals surface area (Å²) in [7, 11) is -4.08. The van der Waals surface area contributed by atoms with Crippen LogP contribution in [0.15, 0.2) is 83.8 Å². The molecule has 39 heavy (non-hydrogen) atoms. The first kappa shape index (κ1) is 29.9. The SMILES string of the molecule is CC[C@@H](C)NC(=O)[C@H](CC)N(Cc1ccccc1)C(=O)CN(c1ccc(C)c(C)c1)S(=O)(=O)c1ccccc1. The molecule has 0 aliphatic carbocycles. The molecule has 0 aromatic heterocycles. The molecule has 0 fully saturated rings. The summed E-state index contributed by atoms with van der Waals surface area (Å²) in [6, 6.07) is 22.0. The fraction of sp³-hybridized carbons (Fsp3) is 0.355. The van der Waals surface area contributed by atoms with Gasteiger partial charge >= 0.3 is 0 Å². The van der Waals surface area contributed by atoms with Crippen molar-refractivity contribution in [2.45, 2.75) is 71.0 Å². The highest BCUT2D eigenvalue weighted by atomic mass is 32.2. The van der Waals surface area contributed by atoms with Crippen LogP contribution in [0.25, 0.3) is 0 Å². The van der Waals surface area contributed by atoms with Crippen LogP contribution in [0, 0.1) is 13.8 Å². The Labute approximate surface area is 232 Å². The van der Waals surface area contributed by atoms with E-state index in [0.29, 0.717) is 12.1 Å². The first-order valence-electron chi connectivity index (χ1n) is 13.4. The third kappa shape index (κ3) is 7.47. The minimum Gasteiger partial charge on any atom is -0.352 e. The Kier molecular flexibility index (Phi) is 10.3. The van der Waals surface area contributed by atoms with Crippen molar-refractivity contribution >= 4 is 27.5 Å². The molecule has 0 aliphatic rings. The van der Waals surface area contributed by atoms with E-state index in [-0.39, 0.29) is 23.4 Å². The molecule has 2 atom stereocenters. The predicted octanol–water partition coefficient (Wildman–Crippen LogP) is 5.22. The molecule has 8 heteroatoms. The van der Waals surface area contributed by atoms with Crippen LogP contribution in [0.3, 0.4) is 0 Å². The zero-order valence-corrected chi connectivity index (χ0v) is 24.2. The largest absolute Gasteiger partial charge is 0.352 e. The second-order valence-electron chi connectivity index (χ2n) is 9.84. The van der Waals surface area contributed by atoms with Gasteiger partial charge in [0.1, 0.15) is 12.6 Å². The van der Waals surface area contributed by atoms with Crippen LogP contribution >= 0.6 is 0 Å². The van der Waals surface area contributed by atoms with Gasteiger partial charge in [0.15, 0.2) is 0 Å². The van der Waals surface area contributed by atoms with Gasteiger partial charge in [-0.15, -0.1) is 0 Å². The Morgan fingerprint density at radius 3 is 2.03 bits per heavy atom. The van der Waals surface area contributed by atoms with E-state index in [4.69, 9.17) is 0 Å². The predicted molar refractivity (Wildman–Crippen MR) is 156 cm³/mol. The van der Waals surface area contributed by atoms with Crippen molar-refractivity contribution in [3.8, 4) is 0 Å². The van der Waals surface area contributed by atoms with Crippen LogP contribution < -0.4 is 9.62 Å². The Bertz CT molecular complexity index is 1360. The Morgan fingerprint density at radius 2 is 1.46 bits per heavy atom. The van der Waals surface area contributed by atoms with Crippen molar-refractivity contribution < 1.29 is 18.0 Å². The number of nitrogens with one attached hydrogen (secondary N) is 1. The molecule has 0 saturated carbocycles. The van der Waals surface area contributed by atoms with Crippen molar-refractivity contribution in [3.63, 3.8) is 0 Å². The van der Waals surface area contributed by atoms with E-state index in [1.54, 1.807) is 30.3 Å². The maximum atomic E-state index is 14.1. The highest BCUT2D eigenvalue weighted by Gasteiger charge is 2.34. The van der Waals surface area contributed by atoms with E-state index in [1.165, 1.54) is 17.0 Å². The Hall–Kier alpha value is -3.65. The molecule has 1 N–H and O–H groups in total. The van der Waals surface area contributed by atoms with Gasteiger partial charge in [-0.25, -0.2) is 8.42 Å². The van der Waals surface area contributed by atoms with Crippen molar-refractivity contribution in [3.05, 3.63) is 95.6 Å². The fourth-order valence-corrected chi connectivity index (χ4v) is 5.70. The van der Waals surface area contributed by atoms with Crippen LogP contribution in [0.4, 0.5) is 5.69 Å². The van der Waals surface area contributed by atoms with E-state index < -0.39 is 28.5 Å². The molecule has 3 aromatic carbocycles. The van der Waals surface area contributed by atoms with E-state index in [0.717, 1.165) is 27.4 Å². The van der Waals surface area contributed by atoms with Gasteiger partial charge in [0.2, 0.25) is 11.8 Å². The molecule has 2 amide bonds. The quantitative estimate of drug-likeness (QED) is 0.336. The number of nitrogens with zero attached hydrogens (tertiary/aromatic N) is 2. The van der Waals surface area contributed by atoms with Gasteiger partial charge in [0, 0.05) is 12.6 Å². The molecule has 0 saturated heterocycles. The number of sulfonamides is 1. The molecule has 0 unspecified atom stereocenters. The first-order valence-corrected chi connectivity index (χ1v) is 14.8. The highest BCUT2D eigenvalue weighted by molar-refractivity contribution is 7.92. The summed E-state index contributed by atoms with van der Waals surface area (Å²) in [6.07, 6.45) is 1.14. The number of carbonyl (C=O) groups excluding carboxylic acids is 2. The van der Waals surface area contributed by atoms with Crippen molar-refractivity contribution in [2.24, 2.45) is 0 Å². The minimum atomic E-state index is -4.08. The van der Waals surface area contributed by atoms with Crippen LogP contribution in [-0.2, 0) is 26.2 Å². The average Bonchev–Trinajstić information content (AvgIpc) is 2.93. The lowest BCUT2D eigenvalue weighted by Crippen LogP contribution is -2.53. The van der Waals surface area contributed by atoms with Gasteiger partial charge in [-0.1, -0.05) is 68.4 Å². The maximum absolute atomic E-state index is 14.1. The zero-order chi connectivity index (χ0) is 28.6. The summed E-state index contributed by atoms with van der Waals surface area (Å²) in [4.78, 5) is 29.0. The molecule has 7 nitrogen and oxygen atoms in total. The van der Waals surface area contributed by atoms with E-state index in [1.807, 2.05) is 71.0 Å². The normalized spacial score (nSPS) is 12.8. The third-order valence-corrected chi connectivity index (χ3v) is 8.76. The lowest BCUT2D eigenvalue weighted by molar-refractivity contribution is -0.140. The zero-order valence-electron chi connectivity index (χ0n) is 23.4. The molecule has 3 rings (SSSR count). The number of amides is 2. The van der Waals surface area contributed by atoms with Crippen LogP contribution in [-0.4, -0.2) is 43.8 Å². The number of anilines is 1. The first-order chi connectivity index (χ1) is 18.6. The summed E-state index contributed by atoms with van der Waals surface area (Å²) in [5.74, 6) is -0.706. The molecule has 0 heterocycles. The second-order valence-corrected chi connectivity index (χ2v) is 11.7. The van der Waals surface area contributed by atoms with Crippen LogP contribution in [0.2, 0.25) is 0 Å². The average molecular weight is 550 g/mol. The van der Waals surface area contributed by atoms with Crippen LogP contribution in [0.1, 0.15) is 50.3 Å². The molecule has 0 bridgehead atoms. The molecular weight excluding hydrogens is 510 g/mol. The molecule has 208 valence electrons. The van der Waals surface area contributed by atoms with Gasteiger partial charge in [-0.2, -0.15) is 0 Å². The third-order valence-electron chi connectivity index (χ3n) is 6.97. The lowest BCUT2D eigenvalue weighted by atomic mass is 10.1. The van der Waals surface area contributed by atoms with Crippen LogP contribution in [0.5, 0.6) is 0 Å². The number of benzene rings is 3. The number of hydrogen-bond acceptors (Lipinski definition) is 4. The fourth-order valence-electron chi connectivity index (χ4n) is 4.27. The standard InChI is InChI=1S/C31H39N3O4S/c1-6-25(5)32-31(36)29(7-2)33(21-26-14-10-8-11-15-26)30(35)22-34(27-19-18-23(3)24(4)20-27)39(37,38)28-16-12-9-13-17-28/h8-20,25,29H,6-7,21-22H2,1-5H3,(H,32,36)/t25-,29+/m1/s1. The maximum Gasteiger partial charge on any atom is 0.264 e. The van der Waals surface area contributed by atoms with Gasteiger partial charge < -0.3 is 10.2 Å². The van der Waals surface area contributed by atoms with Gasteiger partial charge in [0.25, 0.3) is 10.0 Å². The van der Waals surface area contributed by atoms with E-state index in [9.17, 15) is 18.0 Å². The van der Waals surface area contributed by atoms with E-state index in [2.05, 4.69) is 5.32 Å². The summed E-state index contributed by atoms with van der Waals surface area (Å²) in [6.45, 7) is 9.34. The number of hydrogen-bond donors (Lipinski definition) is 1. The van der Waals surface area contributed by atoms with Gasteiger partial charge in [-0.05, 0) is 74.6 Å². The summed E-state index contributed by atoms with van der Waals surface area (Å²) in [5.41, 5.74) is 3.17. The topological polar surface area (TPSA) is 86.8 Å². The Balaban J connectivity index is 2.06. The molecule has 0 spiro atoms. The molecule has 0 aliphatic heterocycles. The summed E-state index contributed by atoms with van der Waals surface area (Å²) < 4.78 is 28.9. The summed E-state index contributed by atoms with van der Waals surface area (Å²) in [5, 5.41) is 2.99. The lowest BCUT2D eigenvalue weighted by Gasteiger charge is -2.33. The molecule has 0 radical (unpaired) electrons. The number of aryl methyl sites for hydroxylation is 2. The monoisotopic (exact) mass is 549 g/mol. The van der Waals surface area contributed by atoms with Crippen molar-refractivity contribution in [1.82, 2.24) is 10.2 Å². The smallest absolute Gasteiger partial charge is 0.264 e. The van der Waals surface area contributed by atoms with Crippen molar-refractivity contribution in [2.75, 3.05) is 10.8 Å². The molecular formula is C31H39N3O4S. The van der Waals surface area contributed by atoms with E-state index >= 15 is 0 Å². The highest BCUT2D eigenvalue weighted by Crippen LogP contribution is 2.26. The van der Waals surface area contributed by atoms with Crippen molar-refractivity contribution in [1.29, 1.82) is 0 Å². The second kappa shape index (κ2) is 13.4. The Morgan fingerprint density at radius 1 is 0.846 bits per heavy atom. The minimum absolute atomic E-state index is 0.0503. The molecule has 3 aromatic rings. The van der Waals surface area contributed by atoms with Gasteiger partial charge in [0.05, 0.1) is 10.6 Å². The summed E-state index contributed by atoms with van der Waals surface area (Å²) >= 11 is 0. The number of rotatable bonds is 12. The number of carbonyl (C=O) groups is 2. The van der Waals surface area contributed by atoms with Gasteiger partial charge in [-0.3, -0.25) is 13.9 Å².